The van der Waals surface area contributed by atoms with Crippen molar-refractivity contribution < 1.29 is 14.7 Å². The van der Waals surface area contributed by atoms with E-state index < -0.39 is 0 Å². The summed E-state index contributed by atoms with van der Waals surface area (Å²) in [7, 11) is 0. The highest BCUT2D eigenvalue weighted by Gasteiger charge is 2.29. The number of amides is 3. The molecule has 1 atom stereocenters. The summed E-state index contributed by atoms with van der Waals surface area (Å²) in [6, 6.07) is 6.47. The van der Waals surface area contributed by atoms with Crippen LogP contribution in [0, 0.1) is 6.92 Å². The van der Waals surface area contributed by atoms with Crippen molar-refractivity contribution in [1.82, 2.24) is 25.2 Å². The Kier molecular flexibility index (Phi) is 6.22. The van der Waals surface area contributed by atoms with E-state index >= 15 is 0 Å². The molecular weight excluding hydrogens is 410 g/mol. The van der Waals surface area contributed by atoms with E-state index in [0.29, 0.717) is 30.9 Å². The Balaban J connectivity index is 1.39. The summed E-state index contributed by atoms with van der Waals surface area (Å²) in [5, 5.41) is 15.3. The van der Waals surface area contributed by atoms with Crippen molar-refractivity contribution in [2.24, 2.45) is 0 Å². The second-order valence-electron chi connectivity index (χ2n) is 7.87. The quantitative estimate of drug-likeness (QED) is 0.482. The fraction of sp³-hybridized carbons (Fsp3) is 0.364. The van der Waals surface area contributed by atoms with E-state index in [0.717, 1.165) is 22.4 Å². The number of carbonyl (C=O) groups is 2. The second kappa shape index (κ2) is 9.23. The lowest BCUT2D eigenvalue weighted by Gasteiger charge is -2.40. The van der Waals surface area contributed by atoms with Crippen molar-refractivity contribution in [3.8, 4) is 0 Å². The molecule has 3 amide bonds. The fourth-order valence-electron chi connectivity index (χ4n) is 3.96. The van der Waals surface area contributed by atoms with Crippen LogP contribution in [-0.4, -0.2) is 75.7 Å². The van der Waals surface area contributed by atoms with Crippen molar-refractivity contribution in [2.75, 3.05) is 43.0 Å². The van der Waals surface area contributed by atoms with Crippen LogP contribution in [0.25, 0.3) is 11.0 Å². The third-order valence-corrected chi connectivity index (χ3v) is 5.63. The van der Waals surface area contributed by atoms with Gasteiger partial charge in [0.05, 0.1) is 12.0 Å². The van der Waals surface area contributed by atoms with Gasteiger partial charge in [0.15, 0.2) is 0 Å². The third-order valence-electron chi connectivity index (χ3n) is 5.63. The lowest BCUT2D eigenvalue weighted by atomic mass is 10.1. The van der Waals surface area contributed by atoms with Crippen LogP contribution in [0.5, 0.6) is 0 Å². The minimum absolute atomic E-state index is 0.0171. The zero-order valence-electron chi connectivity index (χ0n) is 18.1. The number of hydrogen-bond donors (Lipinski definition) is 4. The van der Waals surface area contributed by atoms with Crippen LogP contribution < -0.4 is 15.5 Å². The molecule has 10 heteroatoms. The zero-order valence-corrected chi connectivity index (χ0v) is 18.1. The smallest absolute Gasteiger partial charge is 0.322 e. The molecule has 4 N–H and O–H groups in total. The molecule has 0 radical (unpaired) electrons. The molecule has 0 aliphatic carbocycles. The molecule has 1 aliphatic heterocycles. The first-order chi connectivity index (χ1) is 15.5. The van der Waals surface area contributed by atoms with Gasteiger partial charge in [-0.25, -0.2) is 14.8 Å². The number of hydrogen-bond acceptors (Lipinski definition) is 6. The number of benzene rings is 1. The molecule has 0 unspecified atom stereocenters. The van der Waals surface area contributed by atoms with Crippen LogP contribution in [-0.2, 0) is 0 Å². The molecule has 4 rings (SSSR count). The van der Waals surface area contributed by atoms with Crippen LogP contribution in [0.2, 0.25) is 0 Å². The van der Waals surface area contributed by atoms with Crippen LogP contribution in [0.1, 0.15) is 22.8 Å². The van der Waals surface area contributed by atoms with Gasteiger partial charge in [-0.3, -0.25) is 4.79 Å². The second-order valence-corrected chi connectivity index (χ2v) is 7.87. The first kappa shape index (κ1) is 21.6. The van der Waals surface area contributed by atoms with Gasteiger partial charge in [0.25, 0.3) is 5.91 Å². The summed E-state index contributed by atoms with van der Waals surface area (Å²) in [4.78, 5) is 40.8. The van der Waals surface area contributed by atoms with E-state index in [1.165, 1.54) is 0 Å². The highest BCUT2D eigenvalue weighted by atomic mass is 16.3. The first-order valence-electron chi connectivity index (χ1n) is 10.6. The van der Waals surface area contributed by atoms with Crippen molar-refractivity contribution in [1.29, 1.82) is 0 Å². The highest BCUT2D eigenvalue weighted by molar-refractivity contribution is 5.95. The van der Waals surface area contributed by atoms with E-state index in [1.54, 1.807) is 35.5 Å². The predicted octanol–water partition coefficient (Wildman–Crippen LogP) is 1.73. The number of rotatable bonds is 5. The number of piperazine rings is 1. The van der Waals surface area contributed by atoms with Gasteiger partial charge in [-0.2, -0.15) is 0 Å². The molecule has 1 aliphatic rings. The Labute approximate surface area is 185 Å². The summed E-state index contributed by atoms with van der Waals surface area (Å²) in [6.07, 6.45) is 3.49. The Morgan fingerprint density at radius 2 is 2.00 bits per heavy atom. The number of anilines is 2. The van der Waals surface area contributed by atoms with E-state index in [9.17, 15) is 9.59 Å². The Bertz CT molecular complexity index is 1110. The molecule has 10 nitrogen and oxygen atoms in total. The van der Waals surface area contributed by atoms with Gasteiger partial charge >= 0.3 is 6.03 Å². The number of urea groups is 1. The number of fused-ring (bicyclic) bond motifs is 1. The average molecular weight is 438 g/mol. The number of aryl methyl sites for hydroxylation is 1. The van der Waals surface area contributed by atoms with Gasteiger partial charge in [-0.05, 0) is 43.7 Å². The minimum Gasteiger partial charge on any atom is -0.395 e. The van der Waals surface area contributed by atoms with Crippen molar-refractivity contribution >= 4 is 34.5 Å². The van der Waals surface area contributed by atoms with Gasteiger partial charge in [0.2, 0.25) is 0 Å². The molecule has 32 heavy (non-hydrogen) atoms. The maximum Gasteiger partial charge on any atom is 0.322 e. The lowest BCUT2D eigenvalue weighted by Crippen LogP contribution is -2.55. The predicted molar refractivity (Wildman–Crippen MR) is 122 cm³/mol. The maximum atomic E-state index is 12.9. The maximum absolute atomic E-state index is 12.9. The monoisotopic (exact) mass is 437 g/mol. The van der Waals surface area contributed by atoms with Gasteiger partial charge in [-0.15, -0.1) is 0 Å². The summed E-state index contributed by atoms with van der Waals surface area (Å²) >= 11 is 0. The number of aromatic amines is 1. The lowest BCUT2D eigenvalue weighted by molar-refractivity contribution is 0.0945. The summed E-state index contributed by atoms with van der Waals surface area (Å²) in [5.74, 6) is 0.619. The summed E-state index contributed by atoms with van der Waals surface area (Å²) in [5.41, 5.74) is 2.99. The van der Waals surface area contributed by atoms with Crippen molar-refractivity contribution in [2.45, 2.75) is 19.9 Å². The molecule has 0 bridgehead atoms. The Hall–Kier alpha value is -3.66. The van der Waals surface area contributed by atoms with E-state index in [2.05, 4.69) is 30.5 Å². The first-order valence-corrected chi connectivity index (χ1v) is 10.6. The number of H-pyrrole nitrogens is 1. The molecule has 3 aromatic rings. The Morgan fingerprint density at radius 1 is 1.22 bits per heavy atom. The van der Waals surface area contributed by atoms with Crippen LogP contribution in [0.4, 0.5) is 16.3 Å². The fourth-order valence-corrected chi connectivity index (χ4v) is 3.96. The van der Waals surface area contributed by atoms with Gasteiger partial charge in [-0.1, -0.05) is 0 Å². The number of nitrogens with one attached hydrogen (secondary N) is 3. The molecule has 2 aromatic heterocycles. The van der Waals surface area contributed by atoms with Crippen molar-refractivity contribution in [3.63, 3.8) is 0 Å². The number of aliphatic hydroxyl groups excluding tert-OH is 1. The number of carbonyl (C=O) groups excluding carboxylic acids is 2. The molecule has 1 aromatic carbocycles. The molecule has 0 saturated carbocycles. The molecule has 1 fully saturated rings. The normalized spacial score (nSPS) is 16.3. The van der Waals surface area contributed by atoms with Gasteiger partial charge < -0.3 is 30.5 Å². The molecular formula is C22H27N7O3. The number of nitrogens with zero attached hydrogens (tertiary/aromatic N) is 4. The van der Waals surface area contributed by atoms with Gasteiger partial charge in [0.1, 0.15) is 17.8 Å². The zero-order chi connectivity index (χ0) is 22.7. The molecule has 1 saturated heterocycles. The largest absolute Gasteiger partial charge is 0.395 e. The average Bonchev–Trinajstić information content (AvgIpc) is 3.18. The summed E-state index contributed by atoms with van der Waals surface area (Å²) < 4.78 is 0. The SMILES string of the molecule is Cc1c[nH]c2ncnc(N3CCN(C(=O)Nc4ccc(C(=O)NCCO)cc4)[C@@H](C)C3)c12. The van der Waals surface area contributed by atoms with Crippen LogP contribution in [0.3, 0.4) is 0 Å². The van der Waals surface area contributed by atoms with Crippen molar-refractivity contribution in [3.05, 3.63) is 47.9 Å². The standard InChI is InChI=1S/C22H27N7O3/c1-14-11-24-19-18(14)20(26-13-25-19)28-8-9-29(15(2)12-28)22(32)27-17-5-3-16(4-6-17)21(31)23-7-10-30/h3-6,11,13,15,30H,7-10,12H2,1-2H3,(H,23,31)(H,27,32)(H,24,25,26)/t15-/m0/s1. The number of aromatic nitrogens is 3. The Morgan fingerprint density at radius 3 is 2.72 bits per heavy atom. The highest BCUT2D eigenvalue weighted by Crippen LogP contribution is 2.27. The van der Waals surface area contributed by atoms with E-state index in [1.807, 2.05) is 20.0 Å². The molecule has 0 spiro atoms. The third kappa shape index (κ3) is 4.35. The van der Waals surface area contributed by atoms with Gasteiger partial charge in [0, 0.05) is 49.7 Å². The topological polar surface area (TPSA) is 126 Å². The minimum atomic E-state index is -0.266. The van der Waals surface area contributed by atoms with E-state index in [-0.39, 0.29) is 31.1 Å². The molecule has 168 valence electrons. The van der Waals surface area contributed by atoms with Crippen LogP contribution >= 0.6 is 0 Å². The number of aliphatic hydroxyl groups is 1. The summed E-state index contributed by atoms with van der Waals surface area (Å²) in [6.45, 7) is 6.02. The van der Waals surface area contributed by atoms with Crippen LogP contribution in [0.15, 0.2) is 36.8 Å². The molecule has 3 heterocycles. The van der Waals surface area contributed by atoms with E-state index in [4.69, 9.17) is 5.11 Å².